The quantitative estimate of drug-likeness (QED) is 0.207. The third kappa shape index (κ3) is 7.80. The first kappa shape index (κ1) is 23.4. The summed E-state index contributed by atoms with van der Waals surface area (Å²) in [6, 6.07) is 7.51. The van der Waals surface area contributed by atoms with Gasteiger partial charge in [0.1, 0.15) is 11.6 Å². The van der Waals surface area contributed by atoms with Crippen LogP contribution >= 0.6 is 0 Å². The van der Waals surface area contributed by atoms with Crippen molar-refractivity contribution in [3.8, 4) is 5.75 Å². The molecule has 0 saturated heterocycles. The molecule has 0 aliphatic carbocycles. The number of carbonyl (C=O) groups excluding carboxylic acids is 1. The number of amides is 1. The van der Waals surface area contributed by atoms with Gasteiger partial charge in [-0.2, -0.15) is 0 Å². The summed E-state index contributed by atoms with van der Waals surface area (Å²) >= 11 is 0. The molecule has 0 atom stereocenters. The second-order valence-corrected chi connectivity index (χ2v) is 6.74. The number of aryl methyl sites for hydroxylation is 2. The topological polar surface area (TPSA) is 192 Å². The molecule has 1 heterocycles. The summed E-state index contributed by atoms with van der Waals surface area (Å²) in [7, 11) is 0. The zero-order valence-electron chi connectivity index (χ0n) is 17.3. The number of carbonyl (C=O) groups is 2. The molecule has 31 heavy (non-hydrogen) atoms. The number of aliphatic carboxylic acids is 1. The summed E-state index contributed by atoms with van der Waals surface area (Å²) in [6.07, 6.45) is 2.45. The molecule has 0 spiro atoms. The molecule has 1 aromatic heterocycles. The van der Waals surface area contributed by atoms with Crippen LogP contribution in [-0.4, -0.2) is 46.1 Å². The van der Waals surface area contributed by atoms with E-state index in [1.165, 1.54) is 0 Å². The van der Waals surface area contributed by atoms with Gasteiger partial charge in [0.2, 0.25) is 0 Å². The van der Waals surface area contributed by atoms with Crippen molar-refractivity contribution in [1.82, 2.24) is 15.3 Å². The average molecular weight is 429 g/mol. The normalized spacial score (nSPS) is 11.2. The van der Waals surface area contributed by atoms with E-state index in [-0.39, 0.29) is 36.3 Å². The predicted molar refractivity (Wildman–Crippen MR) is 117 cm³/mol. The number of benzene rings is 1. The predicted octanol–water partition coefficient (Wildman–Crippen LogP) is 0.870. The first-order chi connectivity index (χ1) is 14.8. The molecule has 0 aliphatic rings. The highest BCUT2D eigenvalue weighted by Gasteiger charge is 2.15. The standard InChI is InChI=1S/C20H27N7O4/c1-12-17(21)26-18(22)16(25-12)19(30)27-20(23)24-10-3-2-4-13-5-7-14(8-6-13)31-11-9-15(28)29/h5-8H,2-4,9-11H2,1H3,(H,28,29)(H4,21,22,26)(H3,23,24,27,30). The molecule has 0 fully saturated rings. The smallest absolute Gasteiger partial charge is 0.306 e. The summed E-state index contributed by atoms with van der Waals surface area (Å²) < 4.78 is 5.36. The number of anilines is 2. The highest BCUT2D eigenvalue weighted by Crippen LogP contribution is 2.14. The summed E-state index contributed by atoms with van der Waals surface area (Å²) in [6.45, 7) is 2.21. The summed E-state index contributed by atoms with van der Waals surface area (Å²) in [5, 5.41) is 11.0. The second-order valence-electron chi connectivity index (χ2n) is 6.74. The minimum Gasteiger partial charge on any atom is -0.493 e. The van der Waals surface area contributed by atoms with E-state index in [0.29, 0.717) is 18.0 Å². The SMILES string of the molecule is Cc1nc(C(=O)NC(N)=NCCCCc2ccc(OCCC(=O)O)cc2)c(N)nc1N. The number of nitrogens with two attached hydrogens (primary N) is 3. The van der Waals surface area contributed by atoms with E-state index in [0.717, 1.165) is 24.8 Å². The van der Waals surface area contributed by atoms with Crippen LogP contribution in [0.5, 0.6) is 5.75 Å². The van der Waals surface area contributed by atoms with Crippen LogP contribution in [0.3, 0.4) is 0 Å². The van der Waals surface area contributed by atoms with Crippen LogP contribution in [0.15, 0.2) is 29.3 Å². The Morgan fingerprint density at radius 3 is 2.52 bits per heavy atom. The molecule has 2 aromatic rings. The molecule has 8 N–H and O–H groups in total. The number of rotatable bonds is 10. The number of ether oxygens (including phenoxy) is 1. The van der Waals surface area contributed by atoms with Crippen molar-refractivity contribution in [3.05, 3.63) is 41.2 Å². The molecule has 0 radical (unpaired) electrons. The largest absolute Gasteiger partial charge is 0.493 e. The van der Waals surface area contributed by atoms with Gasteiger partial charge in [0.25, 0.3) is 5.91 Å². The van der Waals surface area contributed by atoms with E-state index >= 15 is 0 Å². The minimum atomic E-state index is -0.891. The van der Waals surface area contributed by atoms with Crippen molar-refractivity contribution in [3.63, 3.8) is 0 Å². The van der Waals surface area contributed by atoms with E-state index in [2.05, 4.69) is 20.3 Å². The van der Waals surface area contributed by atoms with Crippen molar-refractivity contribution in [2.24, 2.45) is 10.7 Å². The van der Waals surface area contributed by atoms with E-state index in [9.17, 15) is 9.59 Å². The molecular formula is C20H27N7O4. The molecule has 0 saturated carbocycles. The summed E-state index contributed by atoms with van der Waals surface area (Å²) in [5.74, 6) is -0.788. The van der Waals surface area contributed by atoms with Gasteiger partial charge in [0.05, 0.1) is 18.7 Å². The van der Waals surface area contributed by atoms with Gasteiger partial charge in [-0.25, -0.2) is 9.97 Å². The molecule has 1 amide bonds. The lowest BCUT2D eigenvalue weighted by Crippen LogP contribution is -2.38. The van der Waals surface area contributed by atoms with Gasteiger partial charge >= 0.3 is 5.97 Å². The Labute approximate surface area is 179 Å². The van der Waals surface area contributed by atoms with Gasteiger partial charge in [-0.3, -0.25) is 19.9 Å². The Kier molecular flexibility index (Phi) is 8.55. The molecule has 0 unspecified atom stereocenters. The van der Waals surface area contributed by atoms with Crippen molar-refractivity contribution >= 4 is 29.5 Å². The van der Waals surface area contributed by atoms with Gasteiger partial charge < -0.3 is 27.0 Å². The van der Waals surface area contributed by atoms with E-state index in [1.807, 2.05) is 24.3 Å². The van der Waals surface area contributed by atoms with Gasteiger partial charge in [-0.15, -0.1) is 0 Å². The number of carboxylic acids is 1. The van der Waals surface area contributed by atoms with E-state index in [4.69, 9.17) is 27.0 Å². The summed E-state index contributed by atoms with van der Waals surface area (Å²) in [4.78, 5) is 34.7. The van der Waals surface area contributed by atoms with Crippen molar-refractivity contribution in [2.75, 3.05) is 24.6 Å². The zero-order valence-corrected chi connectivity index (χ0v) is 17.3. The first-order valence-corrected chi connectivity index (χ1v) is 9.70. The van der Waals surface area contributed by atoms with Crippen LogP contribution < -0.4 is 27.3 Å². The Morgan fingerprint density at radius 2 is 1.84 bits per heavy atom. The molecule has 0 aliphatic heterocycles. The van der Waals surface area contributed by atoms with Gasteiger partial charge in [0.15, 0.2) is 17.5 Å². The number of unbranched alkanes of at least 4 members (excludes halogenated alkanes) is 1. The fourth-order valence-corrected chi connectivity index (χ4v) is 2.58. The molecule has 11 nitrogen and oxygen atoms in total. The summed E-state index contributed by atoms with van der Waals surface area (Å²) in [5.41, 5.74) is 18.5. The van der Waals surface area contributed by atoms with Crippen LogP contribution in [0.4, 0.5) is 11.6 Å². The fraction of sp³-hybridized carbons (Fsp3) is 0.350. The number of hydrogen-bond acceptors (Lipinski definition) is 8. The number of carboxylic acid groups (broad SMARTS) is 1. The number of hydrogen-bond donors (Lipinski definition) is 5. The maximum absolute atomic E-state index is 12.2. The highest BCUT2D eigenvalue weighted by molar-refractivity contribution is 6.06. The van der Waals surface area contributed by atoms with E-state index in [1.54, 1.807) is 6.92 Å². The Morgan fingerprint density at radius 1 is 1.13 bits per heavy atom. The lowest BCUT2D eigenvalue weighted by molar-refractivity contribution is -0.137. The monoisotopic (exact) mass is 429 g/mol. The van der Waals surface area contributed by atoms with Crippen molar-refractivity contribution in [1.29, 1.82) is 0 Å². The molecular weight excluding hydrogens is 402 g/mol. The maximum atomic E-state index is 12.2. The van der Waals surface area contributed by atoms with Crippen LogP contribution in [0.1, 0.15) is 41.0 Å². The Hall–Kier alpha value is -3.89. The number of nitrogens with zero attached hydrogens (tertiary/aromatic N) is 3. The number of aromatic nitrogens is 2. The van der Waals surface area contributed by atoms with Crippen molar-refractivity contribution in [2.45, 2.75) is 32.6 Å². The van der Waals surface area contributed by atoms with Crippen LogP contribution in [-0.2, 0) is 11.2 Å². The van der Waals surface area contributed by atoms with Gasteiger partial charge in [-0.05, 0) is 43.9 Å². The lowest BCUT2D eigenvalue weighted by Gasteiger charge is -2.08. The number of guanidine groups is 1. The van der Waals surface area contributed by atoms with Gasteiger partial charge in [0, 0.05) is 6.54 Å². The zero-order chi connectivity index (χ0) is 22.8. The van der Waals surface area contributed by atoms with Crippen LogP contribution in [0.2, 0.25) is 0 Å². The lowest BCUT2D eigenvalue weighted by atomic mass is 10.1. The molecule has 2 rings (SSSR count). The van der Waals surface area contributed by atoms with Crippen LogP contribution in [0.25, 0.3) is 0 Å². The highest BCUT2D eigenvalue weighted by atomic mass is 16.5. The number of aliphatic imine (C=N–C) groups is 1. The maximum Gasteiger partial charge on any atom is 0.306 e. The number of nitrogen functional groups attached to an aromatic ring is 2. The molecule has 11 heteroatoms. The average Bonchev–Trinajstić information content (AvgIpc) is 2.71. The third-order valence-corrected chi connectivity index (χ3v) is 4.25. The molecule has 1 aromatic carbocycles. The van der Waals surface area contributed by atoms with Crippen LogP contribution in [0, 0.1) is 6.92 Å². The Balaban J connectivity index is 1.72. The van der Waals surface area contributed by atoms with Gasteiger partial charge in [-0.1, -0.05) is 12.1 Å². The van der Waals surface area contributed by atoms with E-state index < -0.39 is 11.9 Å². The Bertz CT molecular complexity index is 945. The minimum absolute atomic E-state index is 0.0245. The first-order valence-electron chi connectivity index (χ1n) is 9.70. The molecule has 0 bridgehead atoms. The third-order valence-electron chi connectivity index (χ3n) is 4.25. The fourth-order valence-electron chi connectivity index (χ4n) is 2.58. The molecule has 166 valence electrons. The second kappa shape index (κ2) is 11.3. The number of nitrogens with one attached hydrogen (secondary N) is 1. The van der Waals surface area contributed by atoms with Crippen molar-refractivity contribution < 1.29 is 19.4 Å².